The Labute approximate surface area is 146 Å². The van der Waals surface area contributed by atoms with E-state index in [9.17, 15) is 4.79 Å². The lowest BCUT2D eigenvalue weighted by Crippen LogP contribution is -2.22. The number of rotatable bonds is 5. The van der Waals surface area contributed by atoms with E-state index >= 15 is 0 Å². The second-order valence-corrected chi connectivity index (χ2v) is 6.79. The van der Waals surface area contributed by atoms with Gasteiger partial charge in [0.1, 0.15) is 0 Å². The van der Waals surface area contributed by atoms with Crippen molar-refractivity contribution in [1.29, 1.82) is 0 Å². The van der Waals surface area contributed by atoms with E-state index in [4.69, 9.17) is 11.6 Å². The topological polar surface area (TPSA) is 54.9 Å². The molecular weight excluding hydrogens is 350 g/mol. The van der Waals surface area contributed by atoms with Crippen LogP contribution in [0.5, 0.6) is 0 Å². The number of carbonyl (C=O) groups excluding carboxylic acids is 1. The molecule has 0 aliphatic rings. The number of hydrogen-bond acceptors (Lipinski definition) is 5. The van der Waals surface area contributed by atoms with Crippen molar-refractivity contribution in [2.45, 2.75) is 6.54 Å². The summed E-state index contributed by atoms with van der Waals surface area (Å²) in [6.45, 7) is 0.451. The average molecular weight is 362 g/mol. The fourth-order valence-electron chi connectivity index (χ4n) is 1.83. The minimum Gasteiger partial charge on any atom is -0.346 e. The number of carbonyl (C=O) groups is 1. The standard InChI is InChI=1S/C16H12ClN3OS2/c17-13(8-12-6-7-22-10-12)15-19-20-16(23-15)14(21)18-9-11-4-2-1-3-5-11/h1-8,10H,9H2,(H,18,21)/b13-8+. The second kappa shape index (κ2) is 7.50. The summed E-state index contributed by atoms with van der Waals surface area (Å²) in [5, 5.41) is 16.0. The maximum absolute atomic E-state index is 12.1. The Morgan fingerprint density at radius 3 is 2.70 bits per heavy atom. The summed E-state index contributed by atoms with van der Waals surface area (Å²) < 4.78 is 0. The maximum atomic E-state index is 12.1. The molecular formula is C16H12ClN3OS2. The number of benzene rings is 1. The Kier molecular flexibility index (Phi) is 5.17. The first-order valence-electron chi connectivity index (χ1n) is 6.78. The average Bonchev–Trinajstić information content (AvgIpc) is 3.25. The van der Waals surface area contributed by atoms with Crippen LogP contribution in [0.25, 0.3) is 11.1 Å². The second-order valence-electron chi connectivity index (χ2n) is 4.63. The summed E-state index contributed by atoms with van der Waals surface area (Å²) in [4.78, 5) is 12.1. The number of amides is 1. The van der Waals surface area contributed by atoms with Gasteiger partial charge < -0.3 is 5.32 Å². The van der Waals surface area contributed by atoms with Crippen molar-refractivity contribution in [3.05, 3.63) is 68.3 Å². The molecule has 1 N–H and O–H groups in total. The van der Waals surface area contributed by atoms with Crippen molar-refractivity contribution in [2.75, 3.05) is 0 Å². The summed E-state index contributed by atoms with van der Waals surface area (Å²) >= 11 is 9.00. The monoisotopic (exact) mass is 361 g/mol. The third-order valence-electron chi connectivity index (χ3n) is 2.96. The molecule has 0 fully saturated rings. The number of aromatic nitrogens is 2. The van der Waals surface area contributed by atoms with Gasteiger partial charge in [-0.25, -0.2) is 0 Å². The van der Waals surface area contributed by atoms with Crippen molar-refractivity contribution in [2.24, 2.45) is 0 Å². The summed E-state index contributed by atoms with van der Waals surface area (Å²) in [6.07, 6.45) is 1.81. The quantitative estimate of drug-likeness (QED) is 0.738. The molecule has 0 aliphatic carbocycles. The molecule has 0 saturated heterocycles. The van der Waals surface area contributed by atoms with Gasteiger partial charge in [-0.1, -0.05) is 53.3 Å². The van der Waals surface area contributed by atoms with Crippen LogP contribution in [0.15, 0.2) is 47.2 Å². The molecule has 0 spiro atoms. The molecule has 7 heteroatoms. The first kappa shape index (κ1) is 15.9. The minimum atomic E-state index is -0.252. The SMILES string of the molecule is O=C(NCc1ccccc1)c1nnc(/C(Cl)=C\c2ccsc2)s1. The highest BCUT2D eigenvalue weighted by Crippen LogP contribution is 2.25. The van der Waals surface area contributed by atoms with Crippen LogP contribution in [0.2, 0.25) is 0 Å². The third-order valence-corrected chi connectivity index (χ3v) is 5.01. The first-order valence-corrected chi connectivity index (χ1v) is 8.91. The molecule has 4 nitrogen and oxygen atoms in total. The lowest BCUT2D eigenvalue weighted by atomic mass is 10.2. The molecule has 23 heavy (non-hydrogen) atoms. The normalized spacial score (nSPS) is 11.4. The van der Waals surface area contributed by atoms with Gasteiger partial charge in [-0.15, -0.1) is 10.2 Å². The lowest BCUT2D eigenvalue weighted by molar-refractivity contribution is 0.0950. The van der Waals surface area contributed by atoms with Gasteiger partial charge in [0.2, 0.25) is 5.01 Å². The molecule has 3 aromatic rings. The van der Waals surface area contributed by atoms with E-state index in [1.807, 2.05) is 53.2 Å². The molecule has 116 valence electrons. The van der Waals surface area contributed by atoms with Gasteiger partial charge >= 0.3 is 0 Å². The smallest absolute Gasteiger partial charge is 0.282 e. The first-order chi connectivity index (χ1) is 11.2. The van der Waals surface area contributed by atoms with Crippen LogP contribution in [0.3, 0.4) is 0 Å². The van der Waals surface area contributed by atoms with Crippen LogP contribution in [0.1, 0.15) is 25.9 Å². The van der Waals surface area contributed by atoms with Crippen LogP contribution < -0.4 is 5.32 Å². The number of hydrogen-bond donors (Lipinski definition) is 1. The Morgan fingerprint density at radius 1 is 1.17 bits per heavy atom. The Bertz CT molecular complexity index is 813. The lowest BCUT2D eigenvalue weighted by Gasteiger charge is -2.01. The Hall–Kier alpha value is -2.02. The van der Waals surface area contributed by atoms with Gasteiger partial charge in [0.15, 0.2) is 5.01 Å². The zero-order valence-electron chi connectivity index (χ0n) is 11.9. The molecule has 0 unspecified atom stereocenters. The van der Waals surface area contributed by atoms with Crippen LogP contribution in [0, 0.1) is 0 Å². The van der Waals surface area contributed by atoms with Gasteiger partial charge in [0, 0.05) is 6.54 Å². The summed E-state index contributed by atoms with van der Waals surface area (Å²) in [5.41, 5.74) is 2.03. The maximum Gasteiger partial charge on any atom is 0.282 e. The van der Waals surface area contributed by atoms with E-state index in [1.54, 1.807) is 11.3 Å². The fourth-order valence-corrected chi connectivity index (χ4v) is 3.40. The van der Waals surface area contributed by atoms with Gasteiger partial charge in [0.05, 0.1) is 5.03 Å². The number of nitrogens with one attached hydrogen (secondary N) is 1. The molecule has 0 bridgehead atoms. The predicted molar refractivity (Wildman–Crippen MR) is 95.6 cm³/mol. The van der Waals surface area contributed by atoms with Crippen LogP contribution in [-0.4, -0.2) is 16.1 Å². The molecule has 0 aliphatic heterocycles. The Balaban J connectivity index is 1.65. The molecule has 0 saturated carbocycles. The van der Waals surface area contributed by atoms with Crippen molar-refractivity contribution < 1.29 is 4.79 Å². The van der Waals surface area contributed by atoms with E-state index in [-0.39, 0.29) is 5.91 Å². The summed E-state index contributed by atoms with van der Waals surface area (Å²) in [6, 6.07) is 11.7. The van der Waals surface area contributed by atoms with Crippen molar-refractivity contribution in [1.82, 2.24) is 15.5 Å². The van der Waals surface area contributed by atoms with E-state index in [0.29, 0.717) is 21.6 Å². The molecule has 2 heterocycles. The van der Waals surface area contributed by atoms with Gasteiger partial charge in [-0.3, -0.25) is 4.79 Å². The van der Waals surface area contributed by atoms with Gasteiger partial charge in [-0.2, -0.15) is 11.3 Å². The van der Waals surface area contributed by atoms with E-state index in [0.717, 1.165) is 11.1 Å². The van der Waals surface area contributed by atoms with E-state index < -0.39 is 0 Å². The largest absolute Gasteiger partial charge is 0.346 e. The highest BCUT2D eigenvalue weighted by atomic mass is 35.5. The molecule has 0 atom stereocenters. The minimum absolute atomic E-state index is 0.252. The summed E-state index contributed by atoms with van der Waals surface area (Å²) in [7, 11) is 0. The van der Waals surface area contributed by atoms with Crippen molar-refractivity contribution in [3.63, 3.8) is 0 Å². The predicted octanol–water partition coefficient (Wildman–Crippen LogP) is 4.27. The van der Waals surface area contributed by atoms with Crippen LogP contribution >= 0.6 is 34.3 Å². The van der Waals surface area contributed by atoms with E-state index in [2.05, 4.69) is 15.5 Å². The van der Waals surface area contributed by atoms with Gasteiger partial charge in [0.25, 0.3) is 5.91 Å². The third kappa shape index (κ3) is 4.25. The van der Waals surface area contributed by atoms with Crippen molar-refractivity contribution in [3.8, 4) is 0 Å². The Morgan fingerprint density at radius 2 is 1.96 bits per heavy atom. The highest BCUT2D eigenvalue weighted by Gasteiger charge is 2.14. The molecule has 1 aromatic carbocycles. The molecule has 0 radical (unpaired) electrons. The van der Waals surface area contributed by atoms with Gasteiger partial charge in [-0.05, 0) is 34.0 Å². The van der Waals surface area contributed by atoms with Crippen LogP contribution in [-0.2, 0) is 6.54 Å². The fraction of sp³-hybridized carbons (Fsp3) is 0.0625. The molecule has 2 aromatic heterocycles. The molecule has 1 amide bonds. The molecule has 3 rings (SSSR count). The number of halogens is 1. The number of thiophene rings is 1. The highest BCUT2D eigenvalue weighted by molar-refractivity contribution is 7.15. The van der Waals surface area contributed by atoms with Crippen LogP contribution in [0.4, 0.5) is 0 Å². The van der Waals surface area contributed by atoms with Crippen molar-refractivity contribution >= 4 is 51.3 Å². The summed E-state index contributed by atoms with van der Waals surface area (Å²) in [5.74, 6) is -0.252. The zero-order chi connectivity index (χ0) is 16.1. The zero-order valence-corrected chi connectivity index (χ0v) is 14.3. The number of nitrogens with zero attached hydrogens (tertiary/aromatic N) is 2. The van der Waals surface area contributed by atoms with E-state index in [1.165, 1.54) is 11.3 Å².